The number of allylic oxidation sites excluding steroid dienone is 3. The molecule has 0 aromatic rings. The summed E-state index contributed by atoms with van der Waals surface area (Å²) in [6.07, 6.45) is 9.42. The summed E-state index contributed by atoms with van der Waals surface area (Å²) in [6, 6.07) is -0.493. The van der Waals surface area contributed by atoms with Gasteiger partial charge in [-0.05, 0) is 38.5 Å². The fourth-order valence-corrected chi connectivity index (χ4v) is 4.75. The van der Waals surface area contributed by atoms with E-state index < -0.39 is 17.9 Å². The molecule has 0 aromatic carbocycles. The van der Waals surface area contributed by atoms with Gasteiger partial charge in [0.05, 0.1) is 12.1 Å². The molecule has 3 aliphatic heterocycles. The Morgan fingerprint density at radius 2 is 2.11 bits per heavy atom. The van der Waals surface area contributed by atoms with Gasteiger partial charge in [-0.25, -0.2) is 4.79 Å². The van der Waals surface area contributed by atoms with E-state index in [1.807, 2.05) is 6.92 Å². The molecule has 6 nitrogen and oxygen atoms in total. The molecule has 1 amide bonds. The number of hydrogen-bond donors (Lipinski definition) is 2. The van der Waals surface area contributed by atoms with Crippen LogP contribution in [0.2, 0.25) is 0 Å². The van der Waals surface area contributed by atoms with Gasteiger partial charge in [0.25, 0.3) is 5.24 Å². The molecule has 3 heterocycles. The van der Waals surface area contributed by atoms with Crippen molar-refractivity contribution in [1.82, 2.24) is 5.32 Å². The highest BCUT2D eigenvalue weighted by Gasteiger charge is 2.49. The second-order valence-corrected chi connectivity index (χ2v) is 8.88. The molecule has 2 bridgehead atoms. The van der Waals surface area contributed by atoms with Crippen molar-refractivity contribution in [3.05, 3.63) is 23.8 Å². The molecule has 3 aliphatic rings. The number of hydrogen-bond acceptors (Lipinski definition) is 6. The van der Waals surface area contributed by atoms with Gasteiger partial charge in [0, 0.05) is 24.7 Å². The average Bonchev–Trinajstić information content (AvgIpc) is 3.03. The Balaban J connectivity index is 1.78. The van der Waals surface area contributed by atoms with E-state index >= 15 is 0 Å². The molecule has 5 atom stereocenters. The number of esters is 1. The van der Waals surface area contributed by atoms with Gasteiger partial charge in [-0.3, -0.25) is 4.79 Å². The van der Waals surface area contributed by atoms with Crippen LogP contribution in [0.3, 0.4) is 0 Å². The molecule has 2 fully saturated rings. The van der Waals surface area contributed by atoms with Gasteiger partial charge >= 0.3 is 5.97 Å². The maximum Gasteiger partial charge on any atom is 0.330 e. The molecule has 0 unspecified atom stereocenters. The fraction of sp³-hybridized carbons (Fsp3) is 0.700. The number of ether oxygens (including phenoxy) is 2. The summed E-state index contributed by atoms with van der Waals surface area (Å²) in [5.41, 5.74) is 0.979. The Morgan fingerprint density at radius 1 is 1.30 bits per heavy atom. The quantitative estimate of drug-likeness (QED) is 0.523. The Hall–Kier alpha value is -1.31. The van der Waals surface area contributed by atoms with E-state index in [4.69, 9.17) is 9.47 Å². The van der Waals surface area contributed by atoms with Gasteiger partial charge in [-0.2, -0.15) is 0 Å². The van der Waals surface area contributed by atoms with E-state index in [9.17, 15) is 14.7 Å². The molecule has 3 rings (SSSR count). The predicted octanol–water partition coefficient (Wildman–Crippen LogP) is 3.30. The smallest absolute Gasteiger partial charge is 0.330 e. The van der Waals surface area contributed by atoms with E-state index in [1.165, 1.54) is 0 Å². The van der Waals surface area contributed by atoms with Crippen molar-refractivity contribution in [2.24, 2.45) is 5.92 Å². The minimum Gasteiger partial charge on any atom is -0.459 e. The Bertz CT molecular complexity index is 634. The van der Waals surface area contributed by atoms with Crippen molar-refractivity contribution in [3.63, 3.8) is 0 Å². The standard InChI is InChI=1S/C20H29NO5S/c1-13-5-3-4-6-14(2)9-18(22)25-16-10-15(8-7-13)26-20(24,11-16)17-12-27-19(23)21-17/h3,5,9,13,15-17,24H,4,6-8,10-12H2,1-2H3,(H,21,23)/b5-3-,14-9-/t13-,15-,16-,17+,20-/m0/s1. The number of fused-ring (bicyclic) bond motifs is 2. The van der Waals surface area contributed by atoms with Crippen molar-refractivity contribution in [2.45, 2.75) is 76.4 Å². The van der Waals surface area contributed by atoms with Gasteiger partial charge in [-0.15, -0.1) is 0 Å². The third-order valence-electron chi connectivity index (χ3n) is 5.40. The first-order valence-corrected chi connectivity index (χ1v) is 10.7. The van der Waals surface area contributed by atoms with Crippen molar-refractivity contribution in [3.8, 4) is 0 Å². The first-order valence-electron chi connectivity index (χ1n) is 9.72. The summed E-state index contributed by atoms with van der Waals surface area (Å²) in [6.45, 7) is 4.10. The van der Waals surface area contributed by atoms with Gasteiger partial charge in [-0.1, -0.05) is 36.4 Å². The van der Waals surface area contributed by atoms with Crippen molar-refractivity contribution >= 4 is 23.0 Å². The molecular weight excluding hydrogens is 366 g/mol. The molecule has 150 valence electrons. The molecule has 27 heavy (non-hydrogen) atoms. The van der Waals surface area contributed by atoms with Gasteiger partial charge < -0.3 is 19.9 Å². The number of aliphatic hydroxyl groups is 1. The lowest BCUT2D eigenvalue weighted by atomic mass is 9.90. The highest BCUT2D eigenvalue weighted by atomic mass is 32.2. The van der Waals surface area contributed by atoms with E-state index in [0.717, 1.165) is 43.0 Å². The monoisotopic (exact) mass is 395 g/mol. The second kappa shape index (κ2) is 8.80. The molecule has 7 heteroatoms. The van der Waals surface area contributed by atoms with Crippen LogP contribution >= 0.6 is 11.8 Å². The van der Waals surface area contributed by atoms with Gasteiger partial charge in [0.15, 0.2) is 5.79 Å². The lowest BCUT2D eigenvalue weighted by Gasteiger charge is -2.43. The topological polar surface area (TPSA) is 84.9 Å². The number of rotatable bonds is 1. The number of carbonyl (C=O) groups is 2. The normalized spacial score (nSPS) is 41.7. The van der Waals surface area contributed by atoms with Gasteiger partial charge in [0.2, 0.25) is 0 Å². The molecular formula is C20H29NO5S. The highest BCUT2D eigenvalue weighted by Crippen LogP contribution is 2.37. The molecule has 2 saturated heterocycles. The number of carbonyl (C=O) groups excluding carboxylic acids is 2. The zero-order valence-electron chi connectivity index (χ0n) is 16.0. The van der Waals surface area contributed by atoms with Crippen LogP contribution in [-0.4, -0.2) is 46.1 Å². The second-order valence-electron chi connectivity index (χ2n) is 7.89. The maximum absolute atomic E-state index is 12.3. The van der Waals surface area contributed by atoms with Crippen LogP contribution in [-0.2, 0) is 14.3 Å². The number of thioether (sulfide) groups is 1. The number of amides is 1. The third kappa shape index (κ3) is 5.59. The van der Waals surface area contributed by atoms with E-state index in [0.29, 0.717) is 18.1 Å². The van der Waals surface area contributed by atoms with Crippen molar-refractivity contribution < 1.29 is 24.2 Å². The SMILES string of the molecule is C/C1=C/C(=O)O[C@H]2C[C@H](CC[C@@H](C)/C=C\CC1)O[C@](O)([C@H]1CSC(=O)N1)C2. The minimum atomic E-state index is -1.51. The highest BCUT2D eigenvalue weighted by molar-refractivity contribution is 8.14. The average molecular weight is 396 g/mol. The summed E-state index contributed by atoms with van der Waals surface area (Å²) in [7, 11) is 0. The van der Waals surface area contributed by atoms with Gasteiger partial charge in [0.1, 0.15) is 6.10 Å². The Morgan fingerprint density at radius 3 is 2.85 bits per heavy atom. The van der Waals surface area contributed by atoms with Crippen molar-refractivity contribution in [2.75, 3.05) is 5.75 Å². The minimum absolute atomic E-state index is 0.160. The van der Waals surface area contributed by atoms with Crippen LogP contribution in [0.5, 0.6) is 0 Å². The van der Waals surface area contributed by atoms with Crippen LogP contribution in [0.1, 0.15) is 52.4 Å². The van der Waals surface area contributed by atoms with Crippen LogP contribution in [0.15, 0.2) is 23.8 Å². The first kappa shape index (κ1) is 20.4. The molecule has 0 aliphatic carbocycles. The largest absolute Gasteiger partial charge is 0.459 e. The Kier molecular flexibility index (Phi) is 6.65. The zero-order valence-corrected chi connectivity index (χ0v) is 16.8. The molecule has 0 saturated carbocycles. The summed E-state index contributed by atoms with van der Waals surface area (Å²) in [5.74, 6) is -1.03. The lowest BCUT2D eigenvalue weighted by Crippen LogP contribution is -2.58. The fourth-order valence-electron chi connectivity index (χ4n) is 3.86. The van der Waals surface area contributed by atoms with Crippen molar-refractivity contribution in [1.29, 1.82) is 0 Å². The van der Waals surface area contributed by atoms with Crippen LogP contribution in [0.25, 0.3) is 0 Å². The molecule has 0 aromatic heterocycles. The predicted molar refractivity (Wildman–Crippen MR) is 104 cm³/mol. The summed E-state index contributed by atoms with van der Waals surface area (Å²) in [5, 5.41) is 13.7. The van der Waals surface area contributed by atoms with E-state index in [-0.39, 0.29) is 23.7 Å². The summed E-state index contributed by atoms with van der Waals surface area (Å²) < 4.78 is 11.7. The zero-order chi connectivity index (χ0) is 19.4. The molecule has 0 spiro atoms. The summed E-state index contributed by atoms with van der Waals surface area (Å²) >= 11 is 1.14. The maximum atomic E-state index is 12.3. The molecule has 0 radical (unpaired) electrons. The lowest BCUT2D eigenvalue weighted by molar-refractivity contribution is -0.283. The molecule has 2 N–H and O–H groups in total. The van der Waals surface area contributed by atoms with Crippen LogP contribution < -0.4 is 5.32 Å². The van der Waals surface area contributed by atoms with E-state index in [1.54, 1.807) is 6.08 Å². The summed E-state index contributed by atoms with van der Waals surface area (Å²) in [4.78, 5) is 23.9. The third-order valence-corrected chi connectivity index (χ3v) is 6.28. The van der Waals surface area contributed by atoms with Crippen LogP contribution in [0.4, 0.5) is 4.79 Å². The van der Waals surface area contributed by atoms with Crippen LogP contribution in [0, 0.1) is 5.92 Å². The first-order chi connectivity index (χ1) is 12.8. The Labute approximate surface area is 164 Å². The van der Waals surface area contributed by atoms with E-state index in [2.05, 4.69) is 24.4 Å². The number of nitrogens with one attached hydrogen (secondary N) is 1.